The van der Waals surface area contributed by atoms with E-state index in [1.807, 2.05) is 31.2 Å². The van der Waals surface area contributed by atoms with E-state index in [0.29, 0.717) is 22.4 Å². The van der Waals surface area contributed by atoms with E-state index in [1.165, 1.54) is 6.07 Å². The fraction of sp³-hybridized carbons (Fsp3) is 0.200. The van der Waals surface area contributed by atoms with Crippen molar-refractivity contribution < 1.29 is 14.3 Å². The Hall–Kier alpha value is -3.28. The number of aryl methyl sites for hydroxylation is 2. The molecule has 0 aliphatic heterocycles. The van der Waals surface area contributed by atoms with Crippen molar-refractivity contribution in [3.63, 3.8) is 0 Å². The fourth-order valence-corrected chi connectivity index (χ4v) is 2.75. The number of phenols is 1. The normalized spacial score (nSPS) is 11.6. The van der Waals surface area contributed by atoms with Gasteiger partial charge in [-0.1, -0.05) is 0 Å². The van der Waals surface area contributed by atoms with Crippen LogP contribution in [0.3, 0.4) is 0 Å². The van der Waals surface area contributed by atoms with Gasteiger partial charge in [-0.2, -0.15) is 5.10 Å². The molecule has 0 aliphatic rings. The van der Waals surface area contributed by atoms with Gasteiger partial charge in [0.2, 0.25) is 0 Å². The molecule has 6 nitrogen and oxygen atoms in total. The quantitative estimate of drug-likeness (QED) is 0.422. The zero-order valence-corrected chi connectivity index (χ0v) is 15.1. The maximum atomic E-state index is 11.6. The van der Waals surface area contributed by atoms with Crippen LogP contribution in [-0.2, 0) is 0 Å². The number of aromatic hydroxyl groups is 1. The molecule has 0 bridgehead atoms. The Morgan fingerprint density at radius 1 is 1.19 bits per heavy atom. The van der Waals surface area contributed by atoms with Crippen molar-refractivity contribution in [2.24, 2.45) is 5.10 Å². The highest BCUT2D eigenvalue weighted by Gasteiger charge is 2.15. The molecule has 0 unspecified atom stereocenters. The Labute approximate surface area is 150 Å². The van der Waals surface area contributed by atoms with Crippen molar-refractivity contribution in [1.82, 2.24) is 0 Å². The van der Waals surface area contributed by atoms with E-state index >= 15 is 0 Å². The summed E-state index contributed by atoms with van der Waals surface area (Å²) in [6.45, 7) is 5.35. The fourth-order valence-electron chi connectivity index (χ4n) is 2.75. The number of hydrogen-bond acceptors (Lipinski definition) is 6. The number of hydrogen-bond donors (Lipinski definition) is 2. The van der Waals surface area contributed by atoms with Gasteiger partial charge in [-0.3, -0.25) is 5.43 Å². The average molecular weight is 352 g/mol. The van der Waals surface area contributed by atoms with Gasteiger partial charge in [0, 0.05) is 22.6 Å². The first-order valence-corrected chi connectivity index (χ1v) is 8.12. The number of hydrazone groups is 1. The van der Waals surface area contributed by atoms with Crippen LogP contribution < -0.4 is 15.8 Å². The van der Waals surface area contributed by atoms with Crippen molar-refractivity contribution in [2.45, 2.75) is 20.8 Å². The predicted molar refractivity (Wildman–Crippen MR) is 102 cm³/mol. The van der Waals surface area contributed by atoms with E-state index in [9.17, 15) is 9.90 Å². The van der Waals surface area contributed by atoms with E-state index in [-0.39, 0.29) is 5.75 Å². The summed E-state index contributed by atoms with van der Waals surface area (Å²) < 4.78 is 10.4. The number of benzene rings is 2. The molecule has 0 amide bonds. The molecular formula is C20H20N2O4. The van der Waals surface area contributed by atoms with Gasteiger partial charge in [-0.15, -0.1) is 0 Å². The summed E-state index contributed by atoms with van der Waals surface area (Å²) in [6, 6.07) is 10.6. The van der Waals surface area contributed by atoms with Crippen molar-refractivity contribution in [3.05, 3.63) is 63.5 Å². The van der Waals surface area contributed by atoms with Gasteiger partial charge in [0.05, 0.1) is 18.5 Å². The smallest absolute Gasteiger partial charge is 0.336 e. The molecule has 0 atom stereocenters. The Bertz CT molecular complexity index is 1050. The summed E-state index contributed by atoms with van der Waals surface area (Å²) in [5, 5.41) is 15.6. The molecule has 6 heteroatoms. The van der Waals surface area contributed by atoms with Crippen LogP contribution in [0.15, 0.2) is 50.7 Å². The summed E-state index contributed by atoms with van der Waals surface area (Å²) >= 11 is 0. The maximum Gasteiger partial charge on any atom is 0.336 e. The number of ether oxygens (including phenoxy) is 1. The second-order valence-corrected chi connectivity index (χ2v) is 6.06. The van der Waals surface area contributed by atoms with Crippen LogP contribution in [0, 0.1) is 13.8 Å². The number of fused-ring (bicyclic) bond motifs is 1. The van der Waals surface area contributed by atoms with E-state index in [4.69, 9.17) is 9.15 Å². The molecule has 26 heavy (non-hydrogen) atoms. The monoisotopic (exact) mass is 352 g/mol. The maximum absolute atomic E-state index is 11.6. The van der Waals surface area contributed by atoms with Crippen LogP contribution in [0.1, 0.15) is 23.6 Å². The first kappa shape index (κ1) is 17.5. The Kier molecular flexibility index (Phi) is 4.67. The van der Waals surface area contributed by atoms with E-state index < -0.39 is 5.63 Å². The highest BCUT2D eigenvalue weighted by molar-refractivity contribution is 6.05. The van der Waals surface area contributed by atoms with Gasteiger partial charge in [0.15, 0.2) is 0 Å². The molecule has 0 radical (unpaired) electrons. The lowest BCUT2D eigenvalue weighted by atomic mass is 10.00. The van der Waals surface area contributed by atoms with E-state index in [0.717, 1.165) is 22.4 Å². The molecule has 0 saturated heterocycles. The molecular weight excluding hydrogens is 332 g/mol. The number of methoxy groups -OCH3 is 1. The Morgan fingerprint density at radius 3 is 2.54 bits per heavy atom. The molecule has 1 aromatic heterocycles. The first-order valence-electron chi connectivity index (χ1n) is 8.12. The number of phenolic OH excluding ortho intramolecular Hbond substituents is 1. The Balaban J connectivity index is 2.00. The summed E-state index contributed by atoms with van der Waals surface area (Å²) in [4.78, 5) is 11.6. The lowest BCUT2D eigenvalue weighted by Gasteiger charge is -2.11. The minimum Gasteiger partial charge on any atom is -0.507 e. The number of nitrogens with zero attached hydrogens (tertiary/aromatic N) is 1. The third-order valence-corrected chi connectivity index (χ3v) is 4.28. The first-order chi connectivity index (χ1) is 12.4. The summed E-state index contributed by atoms with van der Waals surface area (Å²) in [7, 11) is 1.61. The van der Waals surface area contributed by atoms with E-state index in [2.05, 4.69) is 10.5 Å². The largest absolute Gasteiger partial charge is 0.507 e. The topological polar surface area (TPSA) is 84.1 Å². The minimum atomic E-state index is -0.434. The highest BCUT2D eigenvalue weighted by atomic mass is 16.5. The zero-order valence-electron chi connectivity index (χ0n) is 15.1. The summed E-state index contributed by atoms with van der Waals surface area (Å²) in [5.74, 6) is 0.806. The van der Waals surface area contributed by atoms with Crippen molar-refractivity contribution >= 4 is 22.4 Å². The van der Waals surface area contributed by atoms with Gasteiger partial charge < -0.3 is 14.3 Å². The number of anilines is 1. The van der Waals surface area contributed by atoms with Gasteiger partial charge >= 0.3 is 5.63 Å². The molecule has 0 spiro atoms. The molecule has 0 saturated carbocycles. The molecule has 1 heterocycles. The zero-order chi connectivity index (χ0) is 18.8. The van der Waals surface area contributed by atoms with Gasteiger partial charge in [0.25, 0.3) is 0 Å². The van der Waals surface area contributed by atoms with Crippen LogP contribution in [0.2, 0.25) is 0 Å². The number of nitrogens with one attached hydrogen (secondary N) is 1. The van der Waals surface area contributed by atoms with Crippen LogP contribution in [0.4, 0.5) is 5.69 Å². The Morgan fingerprint density at radius 2 is 1.88 bits per heavy atom. The number of rotatable bonds is 4. The van der Waals surface area contributed by atoms with Crippen molar-refractivity contribution in [3.8, 4) is 11.5 Å². The molecule has 134 valence electrons. The lowest BCUT2D eigenvalue weighted by Crippen LogP contribution is -2.04. The van der Waals surface area contributed by atoms with Gasteiger partial charge in [-0.25, -0.2) is 4.79 Å². The summed E-state index contributed by atoms with van der Waals surface area (Å²) in [6.07, 6.45) is 0. The predicted octanol–water partition coefficient (Wildman–Crippen LogP) is 3.96. The van der Waals surface area contributed by atoms with Gasteiger partial charge in [0.1, 0.15) is 17.1 Å². The molecule has 3 rings (SSSR count). The van der Waals surface area contributed by atoms with Crippen LogP contribution >= 0.6 is 0 Å². The summed E-state index contributed by atoms with van der Waals surface area (Å²) in [5.41, 5.74) is 6.20. The van der Waals surface area contributed by atoms with Crippen LogP contribution in [-0.4, -0.2) is 17.9 Å². The second-order valence-electron chi connectivity index (χ2n) is 6.06. The SMILES string of the molecule is COc1ccc(N/N=C(\C)c2cc3c(C)cc(=O)oc3c(C)c2O)cc1. The molecule has 3 aromatic rings. The van der Waals surface area contributed by atoms with Gasteiger partial charge in [-0.05, 0) is 56.7 Å². The molecule has 0 fully saturated rings. The van der Waals surface area contributed by atoms with Crippen molar-refractivity contribution in [1.29, 1.82) is 0 Å². The van der Waals surface area contributed by atoms with Crippen molar-refractivity contribution in [2.75, 3.05) is 12.5 Å². The third-order valence-electron chi connectivity index (χ3n) is 4.28. The van der Waals surface area contributed by atoms with Crippen LogP contribution in [0.25, 0.3) is 11.0 Å². The highest BCUT2D eigenvalue weighted by Crippen LogP contribution is 2.32. The second kappa shape index (κ2) is 6.92. The average Bonchev–Trinajstić information content (AvgIpc) is 2.63. The molecule has 2 N–H and O–H groups in total. The molecule has 2 aromatic carbocycles. The van der Waals surface area contributed by atoms with E-state index in [1.54, 1.807) is 27.0 Å². The van der Waals surface area contributed by atoms with Crippen LogP contribution in [0.5, 0.6) is 11.5 Å². The molecule has 0 aliphatic carbocycles. The third kappa shape index (κ3) is 3.26. The standard InChI is InChI=1S/C20H20N2O4/c1-11-9-18(23)26-20-12(2)19(24)17(10-16(11)20)13(3)21-22-14-5-7-15(25-4)8-6-14/h5-10,22,24H,1-4H3/b21-13+. The minimum absolute atomic E-state index is 0.0454. The lowest BCUT2D eigenvalue weighted by molar-refractivity contribution is 0.415.